The zero-order valence-electron chi connectivity index (χ0n) is 8.50. The van der Waals surface area contributed by atoms with E-state index in [2.05, 4.69) is 31.1 Å². The lowest BCUT2D eigenvalue weighted by molar-refractivity contribution is 0.439. The molecule has 0 saturated carbocycles. The number of hydrogen-bond donors (Lipinski definition) is 1. The van der Waals surface area contributed by atoms with Crippen molar-refractivity contribution in [2.24, 2.45) is 0 Å². The molecule has 2 rings (SSSR count). The van der Waals surface area contributed by atoms with Crippen LogP contribution < -0.4 is 4.74 Å². The minimum Gasteiger partial charge on any atom is -0.419 e. The quantitative estimate of drug-likeness (QED) is 0.884. The predicted octanol–water partition coefficient (Wildman–Crippen LogP) is 3.41. The van der Waals surface area contributed by atoms with Crippen LogP contribution in [0, 0.1) is 6.92 Å². The normalized spacial score (nSPS) is 10.4. The topological polar surface area (TPSA) is 50.8 Å². The molecule has 0 radical (unpaired) electrons. The fourth-order valence-electron chi connectivity index (χ4n) is 1.20. The second kappa shape index (κ2) is 4.84. The van der Waals surface area contributed by atoms with Gasteiger partial charge < -0.3 is 4.74 Å². The van der Waals surface area contributed by atoms with Crippen molar-refractivity contribution in [2.75, 3.05) is 0 Å². The molecule has 2 heterocycles. The molecule has 0 aliphatic carbocycles. The summed E-state index contributed by atoms with van der Waals surface area (Å²) >= 11 is 9.13. The molecule has 0 aliphatic rings. The minimum atomic E-state index is 0.338. The Kier molecular flexibility index (Phi) is 3.46. The summed E-state index contributed by atoms with van der Waals surface area (Å²) in [5.74, 6) is 1.30. The van der Waals surface area contributed by atoms with Gasteiger partial charge >= 0.3 is 0 Å². The van der Waals surface area contributed by atoms with Crippen molar-refractivity contribution in [1.29, 1.82) is 0 Å². The van der Waals surface area contributed by atoms with Gasteiger partial charge in [0.05, 0.1) is 5.88 Å². The number of halogens is 2. The third-order valence-electron chi connectivity index (χ3n) is 1.92. The Morgan fingerprint density at radius 3 is 2.94 bits per heavy atom. The highest BCUT2D eigenvalue weighted by molar-refractivity contribution is 9.10. The molecule has 0 fully saturated rings. The highest BCUT2D eigenvalue weighted by Gasteiger charge is 2.08. The molecule has 0 bridgehead atoms. The molecule has 84 valence electrons. The van der Waals surface area contributed by atoms with Crippen molar-refractivity contribution in [1.82, 2.24) is 15.2 Å². The van der Waals surface area contributed by atoms with E-state index >= 15 is 0 Å². The van der Waals surface area contributed by atoms with Crippen LogP contribution in [-0.2, 0) is 5.88 Å². The van der Waals surface area contributed by atoms with E-state index in [4.69, 9.17) is 16.3 Å². The van der Waals surface area contributed by atoms with Crippen LogP contribution in [0.4, 0.5) is 0 Å². The molecule has 6 heteroatoms. The van der Waals surface area contributed by atoms with Crippen LogP contribution in [0.1, 0.15) is 11.3 Å². The first kappa shape index (κ1) is 11.4. The minimum absolute atomic E-state index is 0.338. The average molecular weight is 303 g/mol. The number of nitrogens with zero attached hydrogens (tertiary/aromatic N) is 2. The molecule has 4 nitrogen and oxygen atoms in total. The number of hydrogen-bond acceptors (Lipinski definition) is 3. The Labute approximate surface area is 106 Å². The number of aryl methyl sites for hydroxylation is 1. The largest absolute Gasteiger partial charge is 0.419 e. The van der Waals surface area contributed by atoms with Gasteiger partial charge in [-0.15, -0.1) is 16.7 Å². The number of aromatic nitrogens is 3. The SMILES string of the molecule is Cc1cc(Oc2ncc(Br)cc2CCl)n[nH]1. The van der Waals surface area contributed by atoms with E-state index in [9.17, 15) is 0 Å². The number of pyridine rings is 1. The van der Waals surface area contributed by atoms with E-state index in [-0.39, 0.29) is 0 Å². The van der Waals surface area contributed by atoms with Crippen LogP contribution in [-0.4, -0.2) is 15.2 Å². The van der Waals surface area contributed by atoms with E-state index in [1.54, 1.807) is 12.3 Å². The zero-order chi connectivity index (χ0) is 11.5. The average Bonchev–Trinajstić information content (AvgIpc) is 2.67. The van der Waals surface area contributed by atoms with E-state index < -0.39 is 0 Å². The van der Waals surface area contributed by atoms with Crippen LogP contribution in [0.2, 0.25) is 0 Å². The van der Waals surface area contributed by atoms with Gasteiger partial charge in [-0.3, -0.25) is 5.10 Å². The first-order chi connectivity index (χ1) is 7.69. The Morgan fingerprint density at radius 1 is 1.50 bits per heavy atom. The lowest BCUT2D eigenvalue weighted by atomic mass is 10.3. The molecule has 0 atom stereocenters. The second-order valence-corrected chi connectivity index (χ2v) is 4.43. The van der Waals surface area contributed by atoms with Gasteiger partial charge in [0, 0.05) is 28.0 Å². The zero-order valence-corrected chi connectivity index (χ0v) is 10.8. The van der Waals surface area contributed by atoms with Crippen molar-refractivity contribution in [2.45, 2.75) is 12.8 Å². The van der Waals surface area contributed by atoms with Gasteiger partial charge in [-0.1, -0.05) is 0 Å². The van der Waals surface area contributed by atoms with E-state index in [1.807, 2.05) is 13.0 Å². The van der Waals surface area contributed by atoms with Crippen molar-refractivity contribution in [3.05, 3.63) is 34.1 Å². The molecule has 0 saturated heterocycles. The number of alkyl halides is 1. The van der Waals surface area contributed by atoms with E-state index in [0.29, 0.717) is 17.6 Å². The lowest BCUT2D eigenvalue weighted by Gasteiger charge is -2.05. The second-order valence-electron chi connectivity index (χ2n) is 3.24. The Morgan fingerprint density at radius 2 is 2.31 bits per heavy atom. The first-order valence-corrected chi connectivity index (χ1v) is 5.92. The van der Waals surface area contributed by atoms with Crippen LogP contribution in [0.3, 0.4) is 0 Å². The Balaban J connectivity index is 2.27. The van der Waals surface area contributed by atoms with Crippen LogP contribution in [0.15, 0.2) is 22.8 Å². The molecular formula is C10H9BrClN3O. The highest BCUT2D eigenvalue weighted by atomic mass is 79.9. The molecule has 16 heavy (non-hydrogen) atoms. The molecule has 2 aromatic heterocycles. The van der Waals surface area contributed by atoms with Gasteiger partial charge in [0.15, 0.2) is 0 Å². The fourth-order valence-corrected chi connectivity index (χ4v) is 1.77. The maximum Gasteiger partial charge on any atom is 0.240 e. The molecule has 1 N–H and O–H groups in total. The maximum absolute atomic E-state index is 5.81. The molecule has 0 spiro atoms. The highest BCUT2D eigenvalue weighted by Crippen LogP contribution is 2.25. The standard InChI is InChI=1S/C10H9BrClN3O/c1-6-2-9(15-14-6)16-10-7(4-12)3-8(11)5-13-10/h2-3,5H,4H2,1H3,(H,14,15). The first-order valence-electron chi connectivity index (χ1n) is 4.59. The molecule has 0 amide bonds. The molecular weight excluding hydrogens is 293 g/mol. The summed E-state index contributed by atoms with van der Waals surface area (Å²) < 4.78 is 6.39. The number of aromatic amines is 1. The summed E-state index contributed by atoms with van der Waals surface area (Å²) in [7, 11) is 0. The van der Waals surface area contributed by atoms with Crippen molar-refractivity contribution >= 4 is 27.5 Å². The van der Waals surface area contributed by atoms with Crippen LogP contribution >= 0.6 is 27.5 Å². The van der Waals surface area contributed by atoms with Gasteiger partial charge in [-0.05, 0) is 28.9 Å². The van der Waals surface area contributed by atoms with Crippen molar-refractivity contribution in [3.8, 4) is 11.8 Å². The third-order valence-corrected chi connectivity index (χ3v) is 2.64. The third kappa shape index (κ3) is 2.54. The van der Waals surface area contributed by atoms with E-state index in [1.165, 1.54) is 0 Å². The molecule has 2 aromatic rings. The van der Waals surface area contributed by atoms with Gasteiger partial charge in [-0.2, -0.15) is 0 Å². The fraction of sp³-hybridized carbons (Fsp3) is 0.200. The number of H-pyrrole nitrogens is 1. The van der Waals surface area contributed by atoms with Gasteiger partial charge in [0.1, 0.15) is 0 Å². The van der Waals surface area contributed by atoms with Gasteiger partial charge in [-0.25, -0.2) is 4.98 Å². The predicted molar refractivity (Wildman–Crippen MR) is 64.9 cm³/mol. The van der Waals surface area contributed by atoms with Gasteiger partial charge in [0.2, 0.25) is 11.8 Å². The van der Waals surface area contributed by atoms with Gasteiger partial charge in [0.25, 0.3) is 0 Å². The van der Waals surface area contributed by atoms with Crippen molar-refractivity contribution in [3.63, 3.8) is 0 Å². The molecule has 0 aromatic carbocycles. The van der Waals surface area contributed by atoms with Crippen molar-refractivity contribution < 1.29 is 4.74 Å². The smallest absolute Gasteiger partial charge is 0.240 e. The maximum atomic E-state index is 5.81. The lowest BCUT2D eigenvalue weighted by Crippen LogP contribution is -1.93. The van der Waals surface area contributed by atoms with Crippen LogP contribution in [0.25, 0.3) is 0 Å². The Hall–Kier alpha value is -1.07. The summed E-state index contributed by atoms with van der Waals surface area (Å²) in [4.78, 5) is 4.15. The molecule has 0 unspecified atom stereocenters. The summed E-state index contributed by atoms with van der Waals surface area (Å²) in [6, 6.07) is 3.66. The summed E-state index contributed by atoms with van der Waals surface area (Å²) in [6.07, 6.45) is 1.66. The molecule has 0 aliphatic heterocycles. The Bertz CT molecular complexity index is 501. The number of nitrogens with one attached hydrogen (secondary N) is 1. The monoisotopic (exact) mass is 301 g/mol. The van der Waals surface area contributed by atoms with E-state index in [0.717, 1.165) is 15.7 Å². The summed E-state index contributed by atoms with van der Waals surface area (Å²) in [6.45, 7) is 1.90. The summed E-state index contributed by atoms with van der Waals surface area (Å²) in [5, 5.41) is 6.76. The van der Waals surface area contributed by atoms with Crippen LogP contribution in [0.5, 0.6) is 11.8 Å². The number of rotatable bonds is 3. The summed E-state index contributed by atoms with van der Waals surface area (Å²) in [5.41, 5.74) is 1.75. The number of ether oxygens (including phenoxy) is 1.